The second-order valence-corrected chi connectivity index (χ2v) is 2.75. The third-order valence-corrected chi connectivity index (χ3v) is 1.91. The second-order valence-electron chi connectivity index (χ2n) is 2.75. The normalized spacial score (nSPS) is 10.8. The largest absolute Gasteiger partial charge is 0.443 e. The molecule has 0 aliphatic carbocycles. The second kappa shape index (κ2) is 2.59. The predicted octanol–water partition coefficient (Wildman–Crippen LogP) is 2.09. The molecule has 0 saturated carbocycles. The van der Waals surface area contributed by atoms with E-state index >= 15 is 0 Å². The summed E-state index contributed by atoms with van der Waals surface area (Å²) in [4.78, 5) is 8.43. The van der Waals surface area contributed by atoms with Crippen LogP contribution in [0.5, 0.6) is 0 Å². The Kier molecular flexibility index (Phi) is 1.57. The minimum Gasteiger partial charge on any atom is -0.443 e. The fourth-order valence-electron chi connectivity index (χ4n) is 1.26. The molecule has 0 amide bonds. The maximum Gasteiger partial charge on any atom is 0.182 e. The number of aryl methyl sites for hydroxylation is 2. The van der Waals surface area contributed by atoms with Gasteiger partial charge in [-0.05, 0) is 13.3 Å². The minimum absolute atomic E-state index is 0.833. The van der Waals surface area contributed by atoms with Gasteiger partial charge in [-0.2, -0.15) is 0 Å². The van der Waals surface area contributed by atoms with E-state index in [2.05, 4.69) is 16.9 Å². The van der Waals surface area contributed by atoms with Gasteiger partial charge in [-0.1, -0.05) is 6.92 Å². The highest BCUT2D eigenvalue weighted by Gasteiger charge is 2.04. The first-order valence-corrected chi connectivity index (χ1v) is 4.01. The molecular formula is C9H10N2O. The predicted molar refractivity (Wildman–Crippen MR) is 45.9 cm³/mol. The topological polar surface area (TPSA) is 38.9 Å². The zero-order valence-corrected chi connectivity index (χ0v) is 7.16. The molecule has 3 nitrogen and oxygen atoms in total. The summed E-state index contributed by atoms with van der Waals surface area (Å²) in [6.45, 7) is 4.02. The third-order valence-electron chi connectivity index (χ3n) is 1.91. The fourth-order valence-corrected chi connectivity index (χ4v) is 1.26. The molecule has 2 rings (SSSR count). The van der Waals surface area contributed by atoms with Crippen LogP contribution in [0.1, 0.15) is 18.3 Å². The van der Waals surface area contributed by atoms with Crippen LogP contribution in [0.2, 0.25) is 0 Å². The first kappa shape index (κ1) is 7.28. The maximum atomic E-state index is 5.19. The summed E-state index contributed by atoms with van der Waals surface area (Å²) in [5.74, 6) is 0. The Morgan fingerprint density at radius 3 is 3.08 bits per heavy atom. The summed E-state index contributed by atoms with van der Waals surface area (Å²) < 4.78 is 5.19. The van der Waals surface area contributed by atoms with Crippen LogP contribution in [-0.4, -0.2) is 9.97 Å². The smallest absolute Gasteiger partial charge is 0.182 e. The molecule has 0 aliphatic rings. The number of hydrogen-bond acceptors (Lipinski definition) is 3. The number of oxazole rings is 1. The number of hydrogen-bond donors (Lipinski definition) is 0. The van der Waals surface area contributed by atoms with Crippen molar-refractivity contribution >= 4 is 11.1 Å². The van der Waals surface area contributed by atoms with E-state index in [9.17, 15) is 0 Å². The van der Waals surface area contributed by atoms with Gasteiger partial charge in [-0.3, -0.25) is 4.98 Å². The van der Waals surface area contributed by atoms with Gasteiger partial charge in [-0.25, -0.2) is 4.98 Å². The first-order valence-electron chi connectivity index (χ1n) is 4.01. The average Bonchev–Trinajstić information content (AvgIpc) is 2.52. The molecule has 2 heterocycles. The molecule has 0 atom stereocenters. The zero-order valence-electron chi connectivity index (χ0n) is 7.16. The Balaban J connectivity index is 2.75. The highest BCUT2D eigenvalue weighted by atomic mass is 16.3. The molecule has 0 saturated heterocycles. The van der Waals surface area contributed by atoms with Crippen molar-refractivity contribution in [2.24, 2.45) is 0 Å². The molecule has 12 heavy (non-hydrogen) atoms. The zero-order chi connectivity index (χ0) is 8.55. The van der Waals surface area contributed by atoms with Gasteiger partial charge in [0.05, 0.1) is 5.69 Å². The lowest BCUT2D eigenvalue weighted by molar-refractivity contribution is 0.601. The quantitative estimate of drug-likeness (QED) is 0.644. The summed E-state index contributed by atoms with van der Waals surface area (Å²) in [6, 6.07) is 1.94. The van der Waals surface area contributed by atoms with E-state index in [0.29, 0.717) is 0 Å². The van der Waals surface area contributed by atoms with Crippen LogP contribution >= 0.6 is 0 Å². The van der Waals surface area contributed by atoms with Crippen LogP contribution in [-0.2, 0) is 6.42 Å². The summed E-state index contributed by atoms with van der Waals surface area (Å²) >= 11 is 0. The SMILES string of the molecule is CCc1cc2ocnc2c(C)n1. The monoisotopic (exact) mass is 162 g/mol. The lowest BCUT2D eigenvalue weighted by Gasteiger charge is -1.97. The summed E-state index contributed by atoms with van der Waals surface area (Å²) in [6.07, 6.45) is 2.39. The van der Waals surface area contributed by atoms with Crippen LogP contribution in [0.3, 0.4) is 0 Å². The van der Waals surface area contributed by atoms with Crippen molar-refractivity contribution in [1.29, 1.82) is 0 Å². The lowest BCUT2D eigenvalue weighted by Crippen LogP contribution is -1.90. The van der Waals surface area contributed by atoms with Crippen molar-refractivity contribution in [2.45, 2.75) is 20.3 Å². The van der Waals surface area contributed by atoms with E-state index in [1.165, 1.54) is 6.39 Å². The van der Waals surface area contributed by atoms with Gasteiger partial charge in [0.2, 0.25) is 0 Å². The van der Waals surface area contributed by atoms with Crippen molar-refractivity contribution in [3.05, 3.63) is 23.8 Å². The molecule has 62 valence electrons. The molecule has 0 fully saturated rings. The number of fused-ring (bicyclic) bond motifs is 1. The Hall–Kier alpha value is -1.38. The summed E-state index contributed by atoms with van der Waals surface area (Å²) in [5, 5.41) is 0. The fraction of sp³-hybridized carbons (Fsp3) is 0.333. The molecular weight excluding hydrogens is 152 g/mol. The van der Waals surface area contributed by atoms with Crippen LogP contribution in [0, 0.1) is 6.92 Å². The van der Waals surface area contributed by atoms with E-state index in [0.717, 1.165) is 28.9 Å². The highest BCUT2D eigenvalue weighted by molar-refractivity contribution is 5.74. The first-order chi connectivity index (χ1) is 5.81. The highest BCUT2D eigenvalue weighted by Crippen LogP contribution is 2.16. The van der Waals surface area contributed by atoms with E-state index in [-0.39, 0.29) is 0 Å². The van der Waals surface area contributed by atoms with Gasteiger partial charge in [0, 0.05) is 11.8 Å². The van der Waals surface area contributed by atoms with Crippen molar-refractivity contribution in [3.8, 4) is 0 Å². The van der Waals surface area contributed by atoms with E-state index < -0.39 is 0 Å². The van der Waals surface area contributed by atoms with Gasteiger partial charge < -0.3 is 4.42 Å². The van der Waals surface area contributed by atoms with Crippen molar-refractivity contribution in [3.63, 3.8) is 0 Å². The molecule has 2 aromatic rings. The summed E-state index contributed by atoms with van der Waals surface area (Å²) in [5.41, 5.74) is 3.70. The van der Waals surface area contributed by atoms with Crippen molar-refractivity contribution in [2.75, 3.05) is 0 Å². The molecule has 0 unspecified atom stereocenters. The van der Waals surface area contributed by atoms with Gasteiger partial charge >= 0.3 is 0 Å². The third kappa shape index (κ3) is 0.978. The van der Waals surface area contributed by atoms with E-state index in [1.807, 2.05) is 13.0 Å². The molecule has 3 heteroatoms. The average molecular weight is 162 g/mol. The molecule has 0 aromatic carbocycles. The van der Waals surface area contributed by atoms with E-state index in [1.54, 1.807) is 0 Å². The number of rotatable bonds is 1. The van der Waals surface area contributed by atoms with Crippen LogP contribution < -0.4 is 0 Å². The Morgan fingerprint density at radius 1 is 1.50 bits per heavy atom. The van der Waals surface area contributed by atoms with Crippen molar-refractivity contribution in [1.82, 2.24) is 9.97 Å². The molecule has 0 N–H and O–H groups in total. The number of aromatic nitrogens is 2. The van der Waals surface area contributed by atoms with Crippen molar-refractivity contribution < 1.29 is 4.42 Å². The van der Waals surface area contributed by atoms with Crippen LogP contribution in [0.4, 0.5) is 0 Å². The number of pyridine rings is 1. The van der Waals surface area contributed by atoms with Crippen LogP contribution in [0.25, 0.3) is 11.1 Å². The standard InChI is InChI=1S/C9H10N2O/c1-3-7-4-8-9(6(2)11-7)10-5-12-8/h4-5H,3H2,1-2H3. The Morgan fingerprint density at radius 2 is 2.33 bits per heavy atom. The number of nitrogens with zero attached hydrogens (tertiary/aromatic N) is 2. The molecule has 0 bridgehead atoms. The molecule has 0 aliphatic heterocycles. The summed E-state index contributed by atoms with van der Waals surface area (Å²) in [7, 11) is 0. The minimum atomic E-state index is 0.833. The van der Waals surface area contributed by atoms with Gasteiger partial charge in [0.25, 0.3) is 0 Å². The Labute approximate surface area is 70.4 Å². The van der Waals surface area contributed by atoms with Gasteiger partial charge in [-0.15, -0.1) is 0 Å². The molecule has 0 spiro atoms. The lowest BCUT2D eigenvalue weighted by atomic mass is 10.2. The van der Waals surface area contributed by atoms with Gasteiger partial charge in [0.1, 0.15) is 5.52 Å². The van der Waals surface area contributed by atoms with Crippen LogP contribution in [0.15, 0.2) is 16.9 Å². The van der Waals surface area contributed by atoms with Gasteiger partial charge in [0.15, 0.2) is 12.0 Å². The Bertz CT molecular complexity index is 406. The molecule has 2 aromatic heterocycles. The maximum absolute atomic E-state index is 5.19. The molecule has 0 radical (unpaired) electrons. The van der Waals surface area contributed by atoms with E-state index in [4.69, 9.17) is 4.42 Å².